The van der Waals surface area contributed by atoms with Crippen LogP contribution in [-0.2, 0) is 19.4 Å². The number of H-pyrrole nitrogens is 1. The highest BCUT2D eigenvalue weighted by Gasteiger charge is 2.23. The van der Waals surface area contributed by atoms with E-state index in [1.807, 2.05) is 42.5 Å². The second-order valence-corrected chi connectivity index (χ2v) is 8.48. The predicted molar refractivity (Wildman–Crippen MR) is 130 cm³/mol. The van der Waals surface area contributed by atoms with Gasteiger partial charge in [0.05, 0.1) is 12.6 Å². The predicted octanol–water partition coefficient (Wildman–Crippen LogP) is 5.88. The molecule has 4 aromatic rings. The summed E-state index contributed by atoms with van der Waals surface area (Å²) in [5.41, 5.74) is 4.61. The minimum atomic E-state index is 0.713. The van der Waals surface area contributed by atoms with Gasteiger partial charge in [0.15, 0.2) is 0 Å². The summed E-state index contributed by atoms with van der Waals surface area (Å²) < 4.78 is 5.56. The molecule has 6 nitrogen and oxygen atoms in total. The van der Waals surface area contributed by atoms with Crippen LogP contribution in [0.5, 0.6) is 5.75 Å². The fourth-order valence-corrected chi connectivity index (χ4v) is 4.43. The molecule has 0 spiro atoms. The Kier molecular flexibility index (Phi) is 5.62. The molecule has 0 unspecified atom stereocenters. The van der Waals surface area contributed by atoms with E-state index in [9.17, 15) is 0 Å². The van der Waals surface area contributed by atoms with Crippen molar-refractivity contribution in [3.8, 4) is 5.75 Å². The number of hydrogen-bond acceptors (Lipinski definition) is 5. The largest absolute Gasteiger partial charge is 0.495 e. The Hall–Kier alpha value is -3.25. The first kappa shape index (κ1) is 20.6. The Bertz CT molecular complexity index is 1250. The molecule has 0 amide bonds. The summed E-state index contributed by atoms with van der Waals surface area (Å²) in [4.78, 5) is 15.5. The molecule has 5 rings (SSSR count). The number of para-hydroxylation sites is 1. The molecule has 2 N–H and O–H groups in total. The van der Waals surface area contributed by atoms with Crippen LogP contribution in [0.2, 0.25) is 5.02 Å². The van der Waals surface area contributed by atoms with E-state index in [1.165, 1.54) is 16.6 Å². The van der Waals surface area contributed by atoms with Crippen LogP contribution in [0.1, 0.15) is 30.4 Å². The summed E-state index contributed by atoms with van der Waals surface area (Å²) in [7, 11) is 1.71. The van der Waals surface area contributed by atoms with Gasteiger partial charge >= 0.3 is 0 Å². The van der Waals surface area contributed by atoms with E-state index >= 15 is 0 Å². The lowest BCUT2D eigenvalue weighted by molar-refractivity contribution is 0.419. The number of rotatable bonds is 6. The second kappa shape index (κ2) is 8.71. The molecule has 2 aromatic carbocycles. The van der Waals surface area contributed by atoms with Crippen LogP contribution in [0.15, 0.2) is 48.5 Å². The minimum absolute atomic E-state index is 0.713. The molecule has 32 heavy (non-hydrogen) atoms. The molecule has 7 heteroatoms. The standard InChI is InChI=1S/C25H26ClN5O/c1-3-5-22-29-23(27-17-10-8-16(26)9-11-17)14-24(30-22)31-13-12-20-19(15-31)18-6-4-7-21(32-2)25(18)28-20/h4,6-11,14,28H,3,5,12-13,15H2,1-2H3,(H,27,29,30). The summed E-state index contributed by atoms with van der Waals surface area (Å²) in [5.74, 6) is 3.48. The lowest BCUT2D eigenvalue weighted by Crippen LogP contribution is -2.31. The zero-order valence-corrected chi connectivity index (χ0v) is 19.0. The van der Waals surface area contributed by atoms with Crippen LogP contribution in [0.25, 0.3) is 10.9 Å². The van der Waals surface area contributed by atoms with Crippen LogP contribution in [0, 0.1) is 0 Å². The van der Waals surface area contributed by atoms with Crippen molar-refractivity contribution < 1.29 is 4.74 Å². The van der Waals surface area contributed by atoms with Crippen molar-refractivity contribution in [2.45, 2.75) is 32.7 Å². The van der Waals surface area contributed by atoms with Gasteiger partial charge in [-0.2, -0.15) is 0 Å². The van der Waals surface area contributed by atoms with Gasteiger partial charge < -0.3 is 19.9 Å². The topological polar surface area (TPSA) is 66.1 Å². The Morgan fingerprint density at radius 3 is 2.78 bits per heavy atom. The molecule has 164 valence electrons. The van der Waals surface area contributed by atoms with Crippen molar-refractivity contribution in [2.75, 3.05) is 23.9 Å². The normalized spacial score (nSPS) is 13.3. The lowest BCUT2D eigenvalue weighted by Gasteiger charge is -2.29. The molecular weight excluding hydrogens is 422 g/mol. The molecule has 3 heterocycles. The van der Waals surface area contributed by atoms with Gasteiger partial charge in [-0.1, -0.05) is 30.7 Å². The Labute approximate surface area is 192 Å². The molecule has 0 fully saturated rings. The van der Waals surface area contributed by atoms with Crippen LogP contribution < -0.4 is 15.0 Å². The molecule has 0 saturated heterocycles. The number of nitrogens with one attached hydrogen (secondary N) is 2. The fourth-order valence-electron chi connectivity index (χ4n) is 4.30. The third-order valence-electron chi connectivity index (χ3n) is 5.87. The first-order valence-corrected chi connectivity index (χ1v) is 11.3. The van der Waals surface area contributed by atoms with Crippen molar-refractivity contribution in [1.29, 1.82) is 0 Å². The van der Waals surface area contributed by atoms with E-state index in [4.69, 9.17) is 26.3 Å². The third-order valence-corrected chi connectivity index (χ3v) is 6.12. The number of aryl methyl sites for hydroxylation is 1. The number of anilines is 3. The van der Waals surface area contributed by atoms with Crippen molar-refractivity contribution in [3.63, 3.8) is 0 Å². The molecule has 0 aliphatic carbocycles. The van der Waals surface area contributed by atoms with Crippen molar-refractivity contribution >= 4 is 39.8 Å². The van der Waals surface area contributed by atoms with Crippen molar-refractivity contribution in [1.82, 2.24) is 15.0 Å². The number of nitrogens with zero attached hydrogens (tertiary/aromatic N) is 3. The molecule has 0 saturated carbocycles. The SMILES string of the molecule is CCCc1nc(Nc2ccc(Cl)cc2)cc(N2CCc3[nH]c4c(OC)cccc4c3C2)n1. The number of halogens is 1. The van der Waals surface area contributed by atoms with Crippen LogP contribution in [0.3, 0.4) is 0 Å². The van der Waals surface area contributed by atoms with Gasteiger partial charge in [-0.3, -0.25) is 0 Å². The maximum Gasteiger partial charge on any atom is 0.142 e. The monoisotopic (exact) mass is 447 g/mol. The highest BCUT2D eigenvalue weighted by Crippen LogP contribution is 2.34. The maximum atomic E-state index is 6.03. The first-order valence-electron chi connectivity index (χ1n) is 11.0. The number of ether oxygens (including phenoxy) is 1. The Balaban J connectivity index is 1.48. The number of methoxy groups -OCH3 is 1. The van der Waals surface area contributed by atoms with E-state index < -0.39 is 0 Å². The Morgan fingerprint density at radius 1 is 1.16 bits per heavy atom. The minimum Gasteiger partial charge on any atom is -0.495 e. The van der Waals surface area contributed by atoms with Crippen molar-refractivity contribution in [3.05, 3.63) is 70.6 Å². The van der Waals surface area contributed by atoms with E-state index in [2.05, 4.69) is 28.2 Å². The van der Waals surface area contributed by atoms with Gasteiger partial charge in [-0.15, -0.1) is 0 Å². The molecule has 2 aromatic heterocycles. The zero-order valence-electron chi connectivity index (χ0n) is 18.3. The number of aromatic nitrogens is 3. The maximum absolute atomic E-state index is 6.03. The lowest BCUT2D eigenvalue weighted by atomic mass is 10.0. The summed E-state index contributed by atoms with van der Waals surface area (Å²) in [6.45, 7) is 3.84. The van der Waals surface area contributed by atoms with E-state index in [0.717, 1.165) is 66.8 Å². The van der Waals surface area contributed by atoms with Crippen LogP contribution in [0.4, 0.5) is 17.3 Å². The number of aromatic amines is 1. The number of fused-ring (bicyclic) bond motifs is 3. The van der Waals surface area contributed by atoms with Gasteiger partial charge in [0.25, 0.3) is 0 Å². The van der Waals surface area contributed by atoms with E-state index in [1.54, 1.807) is 7.11 Å². The summed E-state index contributed by atoms with van der Waals surface area (Å²) in [5, 5.41) is 5.34. The second-order valence-electron chi connectivity index (χ2n) is 8.05. The molecule has 0 atom stereocenters. The molecular formula is C25H26ClN5O. The van der Waals surface area contributed by atoms with E-state index in [0.29, 0.717) is 5.02 Å². The van der Waals surface area contributed by atoms with Gasteiger partial charge in [-0.25, -0.2) is 9.97 Å². The summed E-state index contributed by atoms with van der Waals surface area (Å²) >= 11 is 6.03. The average Bonchev–Trinajstić information content (AvgIpc) is 3.19. The van der Waals surface area contributed by atoms with Gasteiger partial charge in [0, 0.05) is 59.4 Å². The van der Waals surface area contributed by atoms with Gasteiger partial charge in [0.2, 0.25) is 0 Å². The van der Waals surface area contributed by atoms with E-state index in [-0.39, 0.29) is 0 Å². The molecule has 0 radical (unpaired) electrons. The van der Waals surface area contributed by atoms with Crippen molar-refractivity contribution in [2.24, 2.45) is 0 Å². The smallest absolute Gasteiger partial charge is 0.142 e. The highest BCUT2D eigenvalue weighted by atomic mass is 35.5. The highest BCUT2D eigenvalue weighted by molar-refractivity contribution is 6.30. The summed E-state index contributed by atoms with van der Waals surface area (Å²) in [6.07, 6.45) is 2.77. The number of hydrogen-bond donors (Lipinski definition) is 2. The van der Waals surface area contributed by atoms with Gasteiger partial charge in [0.1, 0.15) is 23.2 Å². The third kappa shape index (κ3) is 3.98. The zero-order chi connectivity index (χ0) is 22.1. The van der Waals surface area contributed by atoms with Crippen LogP contribution in [-0.4, -0.2) is 28.6 Å². The molecule has 0 bridgehead atoms. The average molecular weight is 448 g/mol. The number of benzene rings is 2. The quantitative estimate of drug-likeness (QED) is 0.386. The molecule has 1 aliphatic heterocycles. The molecule has 1 aliphatic rings. The van der Waals surface area contributed by atoms with Gasteiger partial charge in [-0.05, 0) is 36.8 Å². The summed E-state index contributed by atoms with van der Waals surface area (Å²) in [6, 6.07) is 15.9. The Morgan fingerprint density at radius 2 is 2.00 bits per heavy atom. The fraction of sp³-hybridized carbons (Fsp3) is 0.280. The first-order chi connectivity index (χ1) is 15.6. The van der Waals surface area contributed by atoms with Crippen LogP contribution >= 0.6 is 11.6 Å².